The van der Waals surface area contributed by atoms with E-state index in [0.29, 0.717) is 62.1 Å². The largest absolute Gasteiger partial charge is 0.472 e. The summed E-state index contributed by atoms with van der Waals surface area (Å²) in [6, 6.07) is 3.73. The van der Waals surface area contributed by atoms with Gasteiger partial charge in [0.15, 0.2) is 6.23 Å². The number of carbonyl (C=O) groups is 7. The molecule has 6 aliphatic rings. The average molecular weight is 1270 g/mol. The van der Waals surface area contributed by atoms with Gasteiger partial charge in [-0.1, -0.05) is 34.6 Å². The second kappa shape index (κ2) is 25.5. The molecule has 0 spiro atoms. The van der Waals surface area contributed by atoms with Gasteiger partial charge >= 0.3 is 7.82 Å². The van der Waals surface area contributed by atoms with Crippen LogP contribution in [0, 0.1) is 59.2 Å². The van der Waals surface area contributed by atoms with E-state index in [-0.39, 0.29) is 77.2 Å². The van der Waals surface area contributed by atoms with E-state index in [0.717, 1.165) is 11.1 Å². The summed E-state index contributed by atoms with van der Waals surface area (Å²) in [4.78, 5) is 131. The molecule has 1 saturated heterocycles. The van der Waals surface area contributed by atoms with Crippen LogP contribution < -0.4 is 39.7 Å². The van der Waals surface area contributed by atoms with Crippen molar-refractivity contribution < 1.29 is 67.0 Å². The molecule has 4 unspecified atom stereocenters. The van der Waals surface area contributed by atoms with Gasteiger partial charge in [-0.15, -0.1) is 0 Å². The van der Waals surface area contributed by atoms with E-state index in [1.165, 1.54) is 13.3 Å². The molecule has 7 heterocycles. The molecule has 1 aromatic heterocycles. The lowest BCUT2D eigenvalue weighted by molar-refractivity contribution is -0.123. The second-order valence-electron chi connectivity index (χ2n) is 26.8. The van der Waals surface area contributed by atoms with Crippen LogP contribution in [-0.4, -0.2) is 132 Å². The first-order valence-corrected chi connectivity index (χ1v) is 31.9. The van der Waals surface area contributed by atoms with Gasteiger partial charge in [-0.2, -0.15) is 0 Å². The lowest BCUT2D eigenvalue weighted by Crippen LogP contribution is -2.54. The SMILES string of the molecule is C/C1=C2/N=C([C@H](CC(N)=O)[C@@]2(C)CCC(=O)NCC(C)OP(=O)(O)OC2C(O)[C@@H](n3cnc4cc(C)c(C)cc43)O[C@H]2CO)[C@]2(C)N=C(/C(C)=C3N=C(/C=C4N=C1[C@@H](CCC(N)=O)C\4(C)C)[C@@H](CCC(N)=O)[C@]\3(C)CC(N)=O)[C@@H](CCC(N)=O)[C@]2(C)CC(N)=O. The van der Waals surface area contributed by atoms with Crippen LogP contribution in [0.5, 0.6) is 0 Å². The molecule has 16 N–H and O–H groups in total. The highest BCUT2D eigenvalue weighted by Gasteiger charge is 2.65. The number of phosphoric acid groups is 1. The number of hydrogen-bond donors (Lipinski definition) is 10. The molecule has 2 aromatic rings. The average Bonchev–Trinajstić information content (AvgIpc) is 1.53. The van der Waals surface area contributed by atoms with Crippen molar-refractivity contribution in [1.29, 1.82) is 0 Å². The molecule has 6 aliphatic heterocycles. The van der Waals surface area contributed by atoms with Crippen molar-refractivity contribution in [1.82, 2.24) is 14.9 Å². The topological polar surface area (TPSA) is 460 Å². The molecule has 28 heteroatoms. The second-order valence-corrected chi connectivity index (χ2v) is 28.2. The van der Waals surface area contributed by atoms with Crippen LogP contribution >= 0.6 is 7.82 Å². The number of aliphatic hydroxyl groups is 2. The van der Waals surface area contributed by atoms with E-state index in [1.54, 1.807) is 25.3 Å². The summed E-state index contributed by atoms with van der Waals surface area (Å²) in [7, 11) is -5.07. The number of ether oxygens (including phenoxy) is 1. The number of amides is 7. The van der Waals surface area contributed by atoms with Gasteiger partial charge < -0.3 is 64.1 Å². The number of rotatable bonds is 26. The molecule has 0 saturated carbocycles. The van der Waals surface area contributed by atoms with Crippen molar-refractivity contribution >= 4 is 83.1 Å². The van der Waals surface area contributed by atoms with Gasteiger partial charge in [0, 0.05) is 120 Å². The monoisotopic (exact) mass is 1270 g/mol. The Labute approximate surface area is 522 Å². The van der Waals surface area contributed by atoms with E-state index in [2.05, 4.69) is 10.3 Å². The molecule has 0 aliphatic carbocycles. The number of carbonyl (C=O) groups excluding carboxylic acids is 7. The predicted octanol–water partition coefficient (Wildman–Crippen LogP) is 3.65. The van der Waals surface area contributed by atoms with Crippen molar-refractivity contribution in [3.8, 4) is 0 Å². The maximum absolute atomic E-state index is 14.4. The summed E-state index contributed by atoms with van der Waals surface area (Å²) in [5.41, 5.74) is 36.8. The Morgan fingerprint density at radius 1 is 0.733 bits per heavy atom. The molecule has 27 nitrogen and oxygen atoms in total. The zero-order chi connectivity index (χ0) is 66.7. The zero-order valence-corrected chi connectivity index (χ0v) is 54.0. The maximum Gasteiger partial charge on any atom is 0.472 e. The number of hydrogen-bond acceptors (Lipinski definition) is 18. The number of aliphatic imine (C=N–C) groups is 4. The van der Waals surface area contributed by atoms with Gasteiger partial charge in [-0.3, -0.25) is 62.6 Å². The van der Waals surface area contributed by atoms with E-state index < -0.39 is 137 Å². The highest BCUT2D eigenvalue weighted by Crippen LogP contribution is 2.62. The van der Waals surface area contributed by atoms with Crippen molar-refractivity contribution in [2.45, 2.75) is 183 Å². The molecule has 14 atom stereocenters. The third-order valence-corrected chi connectivity index (χ3v) is 21.3. The van der Waals surface area contributed by atoms with E-state index in [4.69, 9.17) is 68.2 Å². The Balaban J connectivity index is 1.20. The summed E-state index contributed by atoms with van der Waals surface area (Å²) >= 11 is 0. The fraction of sp³-hybridized carbons (Fsp3) is 0.613. The van der Waals surface area contributed by atoms with Gasteiger partial charge in [-0.05, 0) is 108 Å². The summed E-state index contributed by atoms with van der Waals surface area (Å²) in [5, 5.41) is 24.6. The van der Waals surface area contributed by atoms with Crippen LogP contribution in [0.25, 0.3) is 11.0 Å². The number of nitrogens with one attached hydrogen (secondary N) is 1. The standard InChI is InChI=1S/C62H88N13O14P/c1-29-20-39-40(21-30(29)2)75(28-70-39)57-52(84)53(41(27-76)87-57)89-90(85,86)88-31(3)26-69-49(83)18-19-59(8)37(22-46(66)80)56-62(11)61(10,25-48(68)82)36(14-17-45(65)79)51(74-62)33(5)55-60(9,24-47(67)81)34(12-15-43(63)77)38(71-55)23-42-58(6,7)35(13-16-44(64)78)50(72-42)32(4)54(59)73-56/h20-21,23,28,31,34-37,41,52-53,57,76,84H,12-19,22,24-27H2,1-11H3,(H2,63,77)(H2,64,78)(H2,65,79)(H2,66,80)(H2,67,81)(H2,68,82)(H,69,83)(H,85,86)/b42-23-,54-32-,55-33-/t31?,34-,35-,36-,37+,41+,52?,53?,57+,59-,60+,61+,62+/m1/s1. The highest BCUT2D eigenvalue weighted by molar-refractivity contribution is 7.47. The van der Waals surface area contributed by atoms with Crippen molar-refractivity contribution in [2.75, 3.05) is 13.2 Å². The number of aryl methyl sites for hydroxylation is 2. The Hall–Kier alpha value is -7.13. The van der Waals surface area contributed by atoms with Gasteiger partial charge in [0.2, 0.25) is 41.4 Å². The van der Waals surface area contributed by atoms with Gasteiger partial charge in [0.05, 0.1) is 47.2 Å². The van der Waals surface area contributed by atoms with E-state index in [1.807, 2.05) is 66.7 Å². The molecular formula is C62H88N13O14P. The number of imidazole rings is 1. The molecule has 1 aromatic carbocycles. The molecule has 8 bridgehead atoms. The summed E-state index contributed by atoms with van der Waals surface area (Å²) in [5.74, 6) is -7.52. The van der Waals surface area contributed by atoms with Crippen LogP contribution in [0.2, 0.25) is 0 Å². The Morgan fingerprint density at radius 3 is 1.90 bits per heavy atom. The number of aromatic nitrogens is 2. The van der Waals surface area contributed by atoms with Crippen LogP contribution in [0.1, 0.15) is 150 Å². The van der Waals surface area contributed by atoms with Crippen LogP contribution in [0.4, 0.5) is 0 Å². The van der Waals surface area contributed by atoms with Crippen LogP contribution in [0.15, 0.2) is 72.7 Å². The molecule has 90 heavy (non-hydrogen) atoms. The number of benzene rings is 1. The predicted molar refractivity (Wildman–Crippen MR) is 334 cm³/mol. The number of allylic oxidation sites excluding steroid dienone is 6. The van der Waals surface area contributed by atoms with Crippen LogP contribution in [0.3, 0.4) is 0 Å². The number of nitrogens with two attached hydrogens (primary N) is 6. The van der Waals surface area contributed by atoms with Crippen molar-refractivity contribution in [3.63, 3.8) is 0 Å². The Kier molecular flexibility index (Phi) is 19.5. The lowest BCUT2D eigenvalue weighted by Gasteiger charge is -2.45. The Bertz CT molecular complexity index is 3600. The van der Waals surface area contributed by atoms with E-state index in [9.17, 15) is 53.2 Å². The highest BCUT2D eigenvalue weighted by atomic mass is 31.2. The number of phosphoric ester groups is 1. The first-order valence-electron chi connectivity index (χ1n) is 30.4. The van der Waals surface area contributed by atoms with Crippen molar-refractivity contribution in [3.05, 3.63) is 63.9 Å². The number of aliphatic hydroxyl groups excluding tert-OH is 2. The number of primary amides is 6. The van der Waals surface area contributed by atoms with Gasteiger partial charge in [0.1, 0.15) is 23.9 Å². The lowest BCUT2D eigenvalue weighted by atomic mass is 9.56. The smallest absolute Gasteiger partial charge is 0.394 e. The minimum absolute atomic E-state index is 0.0372. The first kappa shape index (κ1) is 68.8. The first-order chi connectivity index (χ1) is 41.8. The minimum Gasteiger partial charge on any atom is -0.394 e. The molecule has 490 valence electrons. The molecule has 0 radical (unpaired) electrons. The third kappa shape index (κ3) is 12.9. The van der Waals surface area contributed by atoms with E-state index >= 15 is 0 Å². The third-order valence-electron chi connectivity index (χ3n) is 20.2. The molecular weight excluding hydrogens is 1180 g/mol. The molecule has 8 rings (SSSR count). The van der Waals surface area contributed by atoms with Gasteiger partial charge in [-0.25, -0.2) is 9.55 Å². The summed E-state index contributed by atoms with van der Waals surface area (Å²) in [6.07, 6.45) is -4.63. The molecule has 1 fully saturated rings. The maximum atomic E-state index is 14.4. The Morgan fingerprint density at radius 2 is 1.31 bits per heavy atom. The summed E-state index contributed by atoms with van der Waals surface area (Å²) in [6.45, 7) is 19.0. The number of fused-ring (bicyclic) bond motifs is 6. The van der Waals surface area contributed by atoms with Gasteiger partial charge in [0.25, 0.3) is 0 Å². The number of nitrogens with zero attached hydrogens (tertiary/aromatic N) is 6. The quantitative estimate of drug-likeness (QED) is 0.0601. The van der Waals surface area contributed by atoms with Crippen LogP contribution in [-0.2, 0) is 51.9 Å². The minimum atomic E-state index is -5.07. The normalized spacial score (nSPS) is 33.4. The molecule has 7 amide bonds. The summed E-state index contributed by atoms with van der Waals surface area (Å²) < 4.78 is 32.2. The fourth-order valence-electron chi connectivity index (χ4n) is 15.0. The fourth-order valence-corrected chi connectivity index (χ4v) is 16.2. The zero-order valence-electron chi connectivity index (χ0n) is 53.1. The van der Waals surface area contributed by atoms with Crippen molar-refractivity contribution in [2.24, 2.45) is 99.7 Å².